The molecule has 8 nitrogen and oxygen atoms in total. The molecule has 11 heteroatoms. The van der Waals surface area contributed by atoms with Crippen molar-refractivity contribution in [3.63, 3.8) is 0 Å². The Hall–Kier alpha value is -3.76. The molecule has 0 bridgehead atoms. The molecule has 214 valence electrons. The van der Waals surface area contributed by atoms with E-state index in [1.54, 1.807) is 17.3 Å². The fraction of sp³-hybridized carbons (Fsp3) is 0.367. The Kier molecular flexibility index (Phi) is 7.29. The quantitative estimate of drug-likeness (QED) is 0.294. The van der Waals surface area contributed by atoms with Crippen molar-refractivity contribution in [2.45, 2.75) is 37.8 Å². The summed E-state index contributed by atoms with van der Waals surface area (Å²) in [4.78, 5) is 25.3. The van der Waals surface area contributed by atoms with E-state index in [1.807, 2.05) is 11.6 Å². The lowest BCUT2D eigenvalue weighted by molar-refractivity contribution is -0.127. The number of likely N-dealkylation sites (N-methyl/N-ethyl adjacent to an activating group) is 1. The first-order chi connectivity index (χ1) is 19.8. The van der Waals surface area contributed by atoms with Gasteiger partial charge in [0.15, 0.2) is 22.9 Å². The number of benzene rings is 2. The van der Waals surface area contributed by atoms with E-state index in [1.165, 1.54) is 24.3 Å². The second kappa shape index (κ2) is 10.9. The van der Waals surface area contributed by atoms with Crippen LogP contribution in [0.5, 0.6) is 11.6 Å². The number of carbonyl (C=O) groups is 1. The first kappa shape index (κ1) is 27.4. The topological polar surface area (TPSA) is 83.7 Å². The number of aromatic hydroxyl groups is 1. The van der Waals surface area contributed by atoms with E-state index in [9.17, 15) is 14.3 Å². The van der Waals surface area contributed by atoms with Crippen molar-refractivity contribution in [2.24, 2.45) is 0 Å². The molecule has 0 radical (unpaired) electrons. The Labute approximate surface area is 240 Å². The highest BCUT2D eigenvalue weighted by molar-refractivity contribution is 6.34. The van der Waals surface area contributed by atoms with Gasteiger partial charge in [0.1, 0.15) is 12.1 Å². The molecule has 2 aromatic carbocycles. The molecule has 1 amide bonds. The predicted octanol–water partition coefficient (Wildman–Crippen LogP) is 5.71. The third-order valence-electron chi connectivity index (χ3n) is 8.33. The Morgan fingerprint density at radius 2 is 1.98 bits per heavy atom. The smallest absolute Gasteiger partial charge is 0.245 e. The third kappa shape index (κ3) is 4.78. The van der Waals surface area contributed by atoms with E-state index in [4.69, 9.17) is 16.3 Å². The normalized spacial score (nSPS) is 18.4. The number of fused-ring (bicyclic) bond motifs is 3. The third-order valence-corrected chi connectivity index (χ3v) is 8.63. The van der Waals surface area contributed by atoms with Gasteiger partial charge in [-0.05, 0) is 57.5 Å². The zero-order valence-electron chi connectivity index (χ0n) is 22.6. The monoisotopic (exact) mass is 581 g/mol. The number of rotatable bonds is 6. The fourth-order valence-corrected chi connectivity index (χ4v) is 6.33. The van der Waals surface area contributed by atoms with E-state index in [-0.39, 0.29) is 45.5 Å². The molecule has 4 heterocycles. The van der Waals surface area contributed by atoms with Crippen LogP contribution in [-0.4, -0.2) is 74.7 Å². The number of piperidine rings is 1. The van der Waals surface area contributed by atoms with Crippen molar-refractivity contribution in [3.05, 3.63) is 59.9 Å². The Bertz CT molecular complexity index is 1670. The lowest BCUT2D eigenvalue weighted by Gasteiger charge is -2.32. The summed E-state index contributed by atoms with van der Waals surface area (Å²) in [6.07, 6.45) is 6.40. The summed E-state index contributed by atoms with van der Waals surface area (Å²) in [6.45, 7) is 6.01. The highest BCUT2D eigenvalue weighted by atomic mass is 35.5. The van der Waals surface area contributed by atoms with Crippen molar-refractivity contribution < 1.29 is 23.4 Å². The number of pyridine rings is 1. The van der Waals surface area contributed by atoms with Gasteiger partial charge in [0, 0.05) is 41.7 Å². The van der Waals surface area contributed by atoms with Crippen LogP contribution in [0.4, 0.5) is 8.78 Å². The number of phenols is 1. The zero-order chi connectivity index (χ0) is 28.8. The van der Waals surface area contributed by atoms with Crippen molar-refractivity contribution in [1.29, 1.82) is 0 Å². The molecule has 2 fully saturated rings. The number of likely N-dealkylation sites (tertiary alicyclic amines) is 2. The summed E-state index contributed by atoms with van der Waals surface area (Å²) >= 11 is 6.61. The number of ether oxygens (including phenoxy) is 1. The SMILES string of the molecule is C=CC(=O)N1CCC(n2cnc3c(OC[C@@H]4CCCN4C)nc4c(F)c(-c5cccc(O)c5F)c(Cl)cc4c32)CC1. The molecular weight excluding hydrogens is 552 g/mol. The van der Waals surface area contributed by atoms with Crippen LogP contribution in [0.3, 0.4) is 0 Å². The van der Waals surface area contributed by atoms with Crippen LogP contribution < -0.4 is 4.74 Å². The molecule has 2 aromatic heterocycles. The molecule has 4 aromatic rings. The maximum absolute atomic E-state index is 16.4. The summed E-state index contributed by atoms with van der Waals surface area (Å²) in [5, 5.41) is 10.3. The van der Waals surface area contributed by atoms with Crippen LogP contribution in [0, 0.1) is 11.6 Å². The summed E-state index contributed by atoms with van der Waals surface area (Å²) in [6, 6.07) is 5.72. The maximum atomic E-state index is 16.4. The fourth-order valence-electron chi connectivity index (χ4n) is 6.03. The van der Waals surface area contributed by atoms with Gasteiger partial charge in [-0.25, -0.2) is 18.7 Å². The lowest BCUT2D eigenvalue weighted by atomic mass is 10.00. The molecule has 0 aliphatic carbocycles. The van der Waals surface area contributed by atoms with Gasteiger partial charge in [0.05, 0.1) is 16.9 Å². The van der Waals surface area contributed by atoms with E-state index >= 15 is 4.39 Å². The highest BCUT2D eigenvalue weighted by Crippen LogP contribution is 2.42. The largest absolute Gasteiger partial charge is 0.505 e. The summed E-state index contributed by atoms with van der Waals surface area (Å²) in [7, 11) is 2.04. The van der Waals surface area contributed by atoms with E-state index < -0.39 is 17.4 Å². The Morgan fingerprint density at radius 3 is 2.68 bits per heavy atom. The Balaban J connectivity index is 1.50. The van der Waals surface area contributed by atoms with E-state index in [0.29, 0.717) is 49.0 Å². The number of halogens is 3. The summed E-state index contributed by atoms with van der Waals surface area (Å²) in [5.74, 6) is -2.32. The van der Waals surface area contributed by atoms with Crippen LogP contribution in [0.2, 0.25) is 5.02 Å². The first-order valence-corrected chi connectivity index (χ1v) is 14.1. The van der Waals surface area contributed by atoms with Gasteiger partial charge in [-0.3, -0.25) is 4.79 Å². The van der Waals surface area contributed by atoms with Crippen molar-refractivity contribution >= 4 is 39.4 Å². The molecule has 6 rings (SSSR count). The predicted molar refractivity (Wildman–Crippen MR) is 153 cm³/mol. The lowest BCUT2D eigenvalue weighted by Crippen LogP contribution is -2.38. The average molecular weight is 582 g/mol. The maximum Gasteiger partial charge on any atom is 0.245 e. The second-order valence-electron chi connectivity index (χ2n) is 10.7. The molecule has 0 spiro atoms. The van der Waals surface area contributed by atoms with Gasteiger partial charge in [0.2, 0.25) is 11.8 Å². The van der Waals surface area contributed by atoms with Gasteiger partial charge in [-0.2, -0.15) is 0 Å². The molecule has 0 unspecified atom stereocenters. The molecule has 2 aliphatic rings. The number of imidazole rings is 1. The average Bonchev–Trinajstić information content (AvgIpc) is 3.60. The van der Waals surface area contributed by atoms with Gasteiger partial charge in [-0.1, -0.05) is 30.3 Å². The van der Waals surface area contributed by atoms with Gasteiger partial charge in [0.25, 0.3) is 0 Å². The van der Waals surface area contributed by atoms with Crippen LogP contribution in [0.15, 0.2) is 43.2 Å². The second-order valence-corrected chi connectivity index (χ2v) is 11.1. The molecule has 1 N–H and O–H groups in total. The highest BCUT2D eigenvalue weighted by Gasteiger charge is 2.29. The minimum Gasteiger partial charge on any atom is -0.505 e. The van der Waals surface area contributed by atoms with Crippen molar-refractivity contribution in [3.8, 4) is 22.8 Å². The number of carbonyl (C=O) groups excluding carboxylic acids is 1. The molecule has 2 saturated heterocycles. The number of nitrogens with zero attached hydrogens (tertiary/aromatic N) is 5. The minimum atomic E-state index is -0.972. The number of aromatic nitrogens is 3. The van der Waals surface area contributed by atoms with Gasteiger partial charge < -0.3 is 24.2 Å². The molecular formula is C30H30ClF2N5O3. The standard InChI is InChI=1S/C30H30ClF2N5O3/c1-3-23(40)37-12-9-17(10-13-37)38-16-34-28-29(38)20-14-21(31)24(19-7-4-8-22(39)25(19)32)26(33)27(20)35-30(28)41-15-18-6-5-11-36(18)2/h3-4,7-8,14,16-18,39H,1,5-6,9-13,15H2,2H3/t18-/m0/s1. The van der Waals surface area contributed by atoms with Gasteiger partial charge >= 0.3 is 0 Å². The molecule has 41 heavy (non-hydrogen) atoms. The van der Waals surface area contributed by atoms with Crippen LogP contribution in [-0.2, 0) is 4.79 Å². The molecule has 0 saturated carbocycles. The van der Waals surface area contributed by atoms with Crippen molar-refractivity contribution in [2.75, 3.05) is 33.3 Å². The summed E-state index contributed by atoms with van der Waals surface area (Å²) in [5.41, 5.74) is 0.703. The molecule has 1 atom stereocenters. The zero-order valence-corrected chi connectivity index (χ0v) is 23.4. The van der Waals surface area contributed by atoms with Crippen LogP contribution in [0.1, 0.15) is 31.7 Å². The van der Waals surface area contributed by atoms with Crippen molar-refractivity contribution in [1.82, 2.24) is 24.3 Å². The van der Waals surface area contributed by atoms with Crippen LogP contribution in [0.25, 0.3) is 33.1 Å². The number of amides is 1. The number of hydrogen-bond donors (Lipinski definition) is 1. The van der Waals surface area contributed by atoms with Gasteiger partial charge in [-0.15, -0.1) is 0 Å². The number of phenolic OH excluding ortho intramolecular Hbond substituents is 1. The minimum absolute atomic E-state index is 0.0155. The Morgan fingerprint density at radius 1 is 1.20 bits per heavy atom. The molecule has 2 aliphatic heterocycles. The van der Waals surface area contributed by atoms with E-state index in [2.05, 4.69) is 21.4 Å². The van der Waals surface area contributed by atoms with E-state index in [0.717, 1.165) is 19.4 Å². The number of hydrogen-bond acceptors (Lipinski definition) is 6. The van der Waals surface area contributed by atoms with Crippen LogP contribution >= 0.6 is 11.6 Å². The first-order valence-electron chi connectivity index (χ1n) is 13.7. The summed E-state index contributed by atoms with van der Waals surface area (Å²) < 4.78 is 39.5.